The quantitative estimate of drug-likeness (QED) is 0.152. The van der Waals surface area contributed by atoms with E-state index in [0.717, 1.165) is 89.8 Å². The van der Waals surface area contributed by atoms with Crippen molar-refractivity contribution in [1.29, 1.82) is 0 Å². The number of para-hydroxylation sites is 6. The van der Waals surface area contributed by atoms with E-state index in [4.69, 9.17) is 19.9 Å². The highest BCUT2D eigenvalue weighted by Gasteiger charge is 2.26. The molecule has 0 aliphatic carbocycles. The number of hydrogen-bond acceptors (Lipinski definition) is 6. The summed E-state index contributed by atoms with van der Waals surface area (Å²) in [5, 5.41) is 14.5. The van der Waals surface area contributed by atoms with Crippen molar-refractivity contribution < 1.29 is 0 Å². The van der Waals surface area contributed by atoms with Gasteiger partial charge in [-0.05, 0) is 84.9 Å². The van der Waals surface area contributed by atoms with Gasteiger partial charge in [0.25, 0.3) is 0 Å². The summed E-state index contributed by atoms with van der Waals surface area (Å²) in [6.45, 7) is 0. The van der Waals surface area contributed by atoms with Gasteiger partial charge >= 0.3 is 0 Å². The molecule has 8 nitrogen and oxygen atoms in total. The van der Waals surface area contributed by atoms with E-state index in [1.165, 1.54) is 94.5 Å². The van der Waals surface area contributed by atoms with Crippen molar-refractivity contribution in [1.82, 2.24) is 38.2 Å². The first-order valence-corrected chi connectivity index (χ1v) is 36.0. The Morgan fingerprint density at radius 1 is 0.216 bits per heavy atom. The van der Waals surface area contributed by atoms with Crippen molar-refractivity contribution >= 4 is 150 Å². The van der Waals surface area contributed by atoms with Gasteiger partial charge in [-0.3, -0.25) is 9.13 Å². The number of hydrogen-bond donors (Lipinski definition) is 0. The predicted octanol–water partition coefficient (Wildman–Crippen LogP) is 24.7. The van der Waals surface area contributed by atoms with E-state index in [1.807, 2.05) is 28.7 Å². The molecule has 0 atom stereocenters. The van der Waals surface area contributed by atoms with E-state index in [0.29, 0.717) is 11.6 Å². The average molecular weight is 1340 g/mol. The van der Waals surface area contributed by atoms with Gasteiger partial charge in [-0.25, -0.2) is 19.9 Å². The normalized spacial score (nSPS) is 11.9. The minimum absolute atomic E-state index is 0.699. The molecule has 22 aromatic rings. The van der Waals surface area contributed by atoms with Crippen LogP contribution in [0.2, 0.25) is 0 Å². The van der Waals surface area contributed by atoms with Gasteiger partial charge in [-0.15, -0.1) is 22.7 Å². The Morgan fingerprint density at radius 2 is 0.578 bits per heavy atom. The van der Waals surface area contributed by atoms with Crippen molar-refractivity contribution in [3.05, 3.63) is 340 Å². The molecule has 0 radical (unpaired) electrons. The van der Waals surface area contributed by atoms with Gasteiger partial charge in [0.15, 0.2) is 11.6 Å². The minimum Gasteiger partial charge on any atom is -0.307 e. The predicted molar refractivity (Wildman–Crippen MR) is 429 cm³/mol. The zero-order valence-electron chi connectivity index (χ0n) is 54.7. The number of thiophene rings is 2. The van der Waals surface area contributed by atoms with Crippen LogP contribution in [0.5, 0.6) is 0 Å². The summed E-state index contributed by atoms with van der Waals surface area (Å²) < 4.78 is 14.6. The van der Waals surface area contributed by atoms with E-state index in [1.54, 1.807) is 0 Å². The Kier molecular flexibility index (Phi) is 13.2. The van der Waals surface area contributed by atoms with Crippen LogP contribution in [0.4, 0.5) is 0 Å². The summed E-state index contributed by atoms with van der Waals surface area (Å²) in [6, 6.07) is 121. The molecule has 22 rings (SSSR count). The molecule has 0 unspecified atom stereocenters. The molecule has 8 heterocycles. The number of nitrogens with zero attached hydrogens (tertiary/aromatic N) is 8. The van der Waals surface area contributed by atoms with E-state index < -0.39 is 0 Å². The molecule has 14 aromatic carbocycles. The van der Waals surface area contributed by atoms with Crippen molar-refractivity contribution in [3.63, 3.8) is 0 Å². The third-order valence-corrected chi connectivity index (χ3v) is 22.6. The fraction of sp³-hybridized carbons (Fsp3) is 0. The highest BCUT2D eigenvalue weighted by molar-refractivity contribution is 7.26. The van der Waals surface area contributed by atoms with Crippen LogP contribution in [0, 0.1) is 0 Å². The Balaban J connectivity index is 0.000000133. The summed E-state index contributed by atoms with van der Waals surface area (Å²) in [5.41, 5.74) is 17.3. The van der Waals surface area contributed by atoms with Gasteiger partial charge in [0.2, 0.25) is 0 Å². The van der Waals surface area contributed by atoms with E-state index in [2.05, 4.69) is 352 Å². The van der Waals surface area contributed by atoms with Gasteiger partial charge in [0.1, 0.15) is 11.6 Å². The van der Waals surface area contributed by atoms with Crippen molar-refractivity contribution in [2.24, 2.45) is 0 Å². The Bertz CT molecular complexity index is 7120. The molecule has 0 bridgehead atoms. The standard InChI is InChI=1S/2C46H28N4S/c1-3-14-29(15-4-1)37-28-42(48-46(47-37)36-21-13-25-41-43(36)35-20-9-12-24-40(35)51-41)50-39-23-11-8-19-32(39)34-27-26-33-31-18-7-10-22-38(31)49(44(33)45(34)50)30-16-5-2-6-17-30;1-3-13-29(14-4-1)38-28-43(48-46(47-38)30-23-26-42-37(27-30)34-19-9-12-22-41(34)51-42)50-40-21-11-8-18-33(40)36-25-24-35-32-17-7-10-20-39(32)49(44(35)45(36)50)31-15-5-2-6-16-31/h2*1-28H. The molecule has 0 aliphatic heterocycles. The summed E-state index contributed by atoms with van der Waals surface area (Å²) in [5.74, 6) is 3.07. The van der Waals surface area contributed by atoms with Crippen LogP contribution in [0.15, 0.2) is 340 Å². The summed E-state index contributed by atoms with van der Waals surface area (Å²) in [6.07, 6.45) is 0. The Labute approximate surface area is 592 Å². The zero-order chi connectivity index (χ0) is 66.9. The van der Waals surface area contributed by atoms with Crippen LogP contribution in [0.25, 0.3) is 196 Å². The molecule has 8 aromatic heterocycles. The lowest BCUT2D eigenvalue weighted by Crippen LogP contribution is -2.04. The number of rotatable bonds is 8. The number of aromatic nitrogens is 8. The topological polar surface area (TPSA) is 71.3 Å². The fourth-order valence-electron chi connectivity index (χ4n) is 15.9. The lowest BCUT2D eigenvalue weighted by molar-refractivity contribution is 1.05. The Hall–Kier alpha value is -13.1. The van der Waals surface area contributed by atoms with Gasteiger partial charge in [-0.1, -0.05) is 243 Å². The lowest BCUT2D eigenvalue weighted by atomic mass is 10.1. The second-order valence-corrected chi connectivity index (χ2v) is 28.2. The molecule has 0 amide bonds. The zero-order valence-corrected chi connectivity index (χ0v) is 56.4. The maximum Gasteiger partial charge on any atom is 0.162 e. The molecule has 0 fully saturated rings. The summed E-state index contributed by atoms with van der Waals surface area (Å²) >= 11 is 3.64. The highest BCUT2D eigenvalue weighted by Crippen LogP contribution is 2.46. The molecular weight excluding hydrogens is 1280 g/mol. The average Bonchev–Trinajstić information content (AvgIpc) is 1.55. The third-order valence-electron chi connectivity index (χ3n) is 20.3. The Morgan fingerprint density at radius 3 is 1.08 bits per heavy atom. The molecule has 476 valence electrons. The molecule has 102 heavy (non-hydrogen) atoms. The van der Waals surface area contributed by atoms with E-state index in [-0.39, 0.29) is 0 Å². The van der Waals surface area contributed by atoms with Crippen LogP contribution in [-0.4, -0.2) is 38.2 Å². The summed E-state index contributed by atoms with van der Waals surface area (Å²) in [4.78, 5) is 21.5. The van der Waals surface area contributed by atoms with Crippen LogP contribution >= 0.6 is 22.7 Å². The molecular formula is C92H56N8S2. The van der Waals surface area contributed by atoms with Gasteiger partial charge in [-0.2, -0.15) is 0 Å². The summed E-state index contributed by atoms with van der Waals surface area (Å²) in [7, 11) is 0. The van der Waals surface area contributed by atoms with Crippen molar-refractivity contribution in [2.45, 2.75) is 0 Å². The SMILES string of the molecule is c1ccc(-c2cc(-n3c4ccccc4c4ccc5c6ccccc6n(-c6ccccc6)c5c43)nc(-c3ccc4sc5ccccc5c4c3)n2)cc1.c1ccc(-c2cc(-n3c4ccccc4c4ccc5c6ccccc6n(-c6ccccc6)c5c43)nc(-c3cccc4sc5ccccc5c34)n2)cc1. The molecule has 0 saturated heterocycles. The maximum absolute atomic E-state index is 5.52. The fourth-order valence-corrected chi connectivity index (χ4v) is 18.1. The van der Waals surface area contributed by atoms with Crippen LogP contribution in [0.1, 0.15) is 0 Å². The monoisotopic (exact) mass is 1340 g/mol. The molecule has 0 aliphatic rings. The van der Waals surface area contributed by atoms with Crippen molar-refractivity contribution in [3.8, 4) is 68.3 Å². The molecule has 0 N–H and O–H groups in total. The molecule has 10 heteroatoms. The first-order chi connectivity index (χ1) is 50.6. The molecule has 0 spiro atoms. The highest BCUT2D eigenvalue weighted by atomic mass is 32.1. The van der Waals surface area contributed by atoms with Gasteiger partial charge in [0.05, 0.1) is 55.5 Å². The van der Waals surface area contributed by atoms with Gasteiger partial charge < -0.3 is 9.13 Å². The second kappa shape index (κ2) is 23.3. The first-order valence-electron chi connectivity index (χ1n) is 34.4. The number of benzene rings is 14. The number of fused-ring (bicyclic) bond motifs is 20. The maximum atomic E-state index is 5.52. The lowest BCUT2D eigenvalue weighted by Gasteiger charge is -2.14. The first kappa shape index (κ1) is 57.9. The van der Waals surface area contributed by atoms with Gasteiger partial charge in [0, 0.05) is 129 Å². The largest absolute Gasteiger partial charge is 0.307 e. The van der Waals surface area contributed by atoms with Crippen molar-refractivity contribution in [2.75, 3.05) is 0 Å². The molecule has 0 saturated carbocycles. The second-order valence-electron chi connectivity index (χ2n) is 26.0. The third kappa shape index (κ3) is 9.06. The minimum atomic E-state index is 0.699. The van der Waals surface area contributed by atoms with E-state index in [9.17, 15) is 0 Å². The van der Waals surface area contributed by atoms with Crippen LogP contribution < -0.4 is 0 Å². The van der Waals surface area contributed by atoms with Crippen LogP contribution in [-0.2, 0) is 0 Å². The van der Waals surface area contributed by atoms with Crippen LogP contribution in [0.3, 0.4) is 0 Å². The smallest absolute Gasteiger partial charge is 0.162 e. The van der Waals surface area contributed by atoms with E-state index >= 15 is 0 Å².